The number of aromatic carboxylic acids is 1. The van der Waals surface area contributed by atoms with Crippen LogP contribution >= 0.6 is 0 Å². The molecule has 0 unspecified atom stereocenters. The van der Waals surface area contributed by atoms with Gasteiger partial charge in [-0.25, -0.2) is 4.79 Å². The van der Waals surface area contributed by atoms with Crippen molar-refractivity contribution in [3.05, 3.63) is 48.2 Å². The molecule has 3 aromatic rings. The summed E-state index contributed by atoms with van der Waals surface area (Å²) in [5.74, 6) is -0.787. The number of aryl methyl sites for hydroxylation is 1. The molecular formula is C15H12N2O3. The highest BCUT2D eigenvalue weighted by molar-refractivity contribution is 5.89. The summed E-state index contributed by atoms with van der Waals surface area (Å²) < 4.78 is 1.91. The van der Waals surface area contributed by atoms with E-state index in [9.17, 15) is 9.90 Å². The number of carbonyl (C=O) groups is 1. The zero-order valence-corrected chi connectivity index (χ0v) is 10.7. The quantitative estimate of drug-likeness (QED) is 0.749. The highest BCUT2D eigenvalue weighted by atomic mass is 16.4. The molecule has 0 radical (unpaired) electrons. The van der Waals surface area contributed by atoms with E-state index >= 15 is 0 Å². The molecule has 0 spiro atoms. The number of hydrogen-bond acceptors (Lipinski definition) is 3. The van der Waals surface area contributed by atoms with E-state index in [0.717, 1.165) is 16.6 Å². The molecule has 0 aliphatic heterocycles. The number of fused-ring (bicyclic) bond motifs is 1. The van der Waals surface area contributed by atoms with Crippen LogP contribution in [-0.2, 0) is 7.05 Å². The molecule has 20 heavy (non-hydrogen) atoms. The van der Waals surface area contributed by atoms with Gasteiger partial charge in [-0.1, -0.05) is 0 Å². The molecule has 2 heterocycles. The first kappa shape index (κ1) is 12.2. The maximum atomic E-state index is 10.8. The van der Waals surface area contributed by atoms with Gasteiger partial charge in [0.25, 0.3) is 0 Å². The van der Waals surface area contributed by atoms with E-state index in [1.54, 1.807) is 18.2 Å². The lowest BCUT2D eigenvalue weighted by Crippen LogP contribution is -1.98. The van der Waals surface area contributed by atoms with E-state index in [-0.39, 0.29) is 11.3 Å². The minimum atomic E-state index is -0.994. The van der Waals surface area contributed by atoms with Crippen LogP contribution in [0.2, 0.25) is 0 Å². The second-order valence-corrected chi connectivity index (χ2v) is 4.57. The highest BCUT2D eigenvalue weighted by Gasteiger charge is 2.10. The fourth-order valence-electron chi connectivity index (χ4n) is 2.24. The molecule has 0 atom stereocenters. The van der Waals surface area contributed by atoms with Crippen LogP contribution in [0.25, 0.3) is 22.3 Å². The van der Waals surface area contributed by atoms with Crippen molar-refractivity contribution in [2.45, 2.75) is 0 Å². The minimum absolute atomic E-state index is 0.158. The van der Waals surface area contributed by atoms with E-state index in [1.165, 1.54) is 12.3 Å². The number of aromatic nitrogens is 2. The molecule has 100 valence electrons. The highest BCUT2D eigenvalue weighted by Crippen LogP contribution is 2.28. The van der Waals surface area contributed by atoms with Crippen LogP contribution in [0.1, 0.15) is 10.4 Å². The van der Waals surface area contributed by atoms with Gasteiger partial charge in [-0.3, -0.25) is 4.98 Å². The van der Waals surface area contributed by atoms with Crippen LogP contribution in [0.3, 0.4) is 0 Å². The summed E-state index contributed by atoms with van der Waals surface area (Å²) in [5.41, 5.74) is 2.60. The molecule has 0 bridgehead atoms. The van der Waals surface area contributed by atoms with Crippen molar-refractivity contribution in [2.75, 3.05) is 0 Å². The first-order chi connectivity index (χ1) is 9.56. The van der Waals surface area contributed by atoms with E-state index in [2.05, 4.69) is 4.98 Å². The number of hydrogen-bond donors (Lipinski definition) is 2. The second-order valence-electron chi connectivity index (χ2n) is 4.57. The first-order valence-corrected chi connectivity index (χ1v) is 6.04. The molecule has 0 aliphatic carbocycles. The molecule has 0 aliphatic rings. The number of pyridine rings is 1. The van der Waals surface area contributed by atoms with Crippen LogP contribution in [0.15, 0.2) is 42.6 Å². The Hall–Kier alpha value is -2.82. The molecule has 2 N–H and O–H groups in total. The van der Waals surface area contributed by atoms with Crippen LogP contribution in [0.4, 0.5) is 0 Å². The minimum Gasteiger partial charge on any atom is -0.508 e. The van der Waals surface area contributed by atoms with Crippen LogP contribution in [0, 0.1) is 0 Å². The summed E-state index contributed by atoms with van der Waals surface area (Å²) in [6.07, 6.45) is 1.34. The molecule has 2 aromatic heterocycles. The van der Waals surface area contributed by atoms with Gasteiger partial charge in [0.15, 0.2) is 0 Å². The molecule has 5 heteroatoms. The van der Waals surface area contributed by atoms with Gasteiger partial charge in [0, 0.05) is 24.7 Å². The van der Waals surface area contributed by atoms with Gasteiger partial charge in [0.2, 0.25) is 0 Å². The number of phenolic OH excluding ortho intramolecular Hbond substituents is 1. The molecule has 5 nitrogen and oxygen atoms in total. The van der Waals surface area contributed by atoms with Gasteiger partial charge in [0.1, 0.15) is 5.75 Å². The Morgan fingerprint density at radius 3 is 2.65 bits per heavy atom. The average Bonchev–Trinajstić information content (AvgIpc) is 2.76. The predicted molar refractivity (Wildman–Crippen MR) is 74.8 cm³/mol. The number of carboxylic acid groups (broad SMARTS) is 1. The zero-order valence-electron chi connectivity index (χ0n) is 10.7. The van der Waals surface area contributed by atoms with Crippen molar-refractivity contribution >= 4 is 16.9 Å². The van der Waals surface area contributed by atoms with Crippen molar-refractivity contribution in [1.82, 2.24) is 9.55 Å². The fourth-order valence-corrected chi connectivity index (χ4v) is 2.24. The topological polar surface area (TPSA) is 75.4 Å². The largest absolute Gasteiger partial charge is 0.508 e. The van der Waals surface area contributed by atoms with Crippen molar-refractivity contribution in [3.8, 4) is 17.1 Å². The number of phenols is 1. The Balaban J connectivity index is 2.14. The van der Waals surface area contributed by atoms with Crippen LogP contribution < -0.4 is 0 Å². The summed E-state index contributed by atoms with van der Waals surface area (Å²) in [4.78, 5) is 15.0. The smallest absolute Gasteiger partial charge is 0.337 e. The summed E-state index contributed by atoms with van der Waals surface area (Å²) in [7, 11) is 1.88. The first-order valence-electron chi connectivity index (χ1n) is 6.04. The van der Waals surface area contributed by atoms with Gasteiger partial charge in [0.05, 0.1) is 22.5 Å². The van der Waals surface area contributed by atoms with Crippen molar-refractivity contribution in [3.63, 3.8) is 0 Å². The number of rotatable bonds is 2. The van der Waals surface area contributed by atoms with E-state index in [0.29, 0.717) is 5.69 Å². The molecule has 0 saturated heterocycles. The Labute approximate surface area is 114 Å². The summed E-state index contributed by atoms with van der Waals surface area (Å²) in [5, 5.41) is 19.4. The molecule has 0 fully saturated rings. The lowest BCUT2D eigenvalue weighted by atomic mass is 10.2. The maximum absolute atomic E-state index is 10.8. The lowest BCUT2D eigenvalue weighted by Gasteiger charge is -2.04. The lowest BCUT2D eigenvalue weighted by molar-refractivity contribution is 0.0696. The van der Waals surface area contributed by atoms with Gasteiger partial charge >= 0.3 is 5.97 Å². The number of aromatic hydroxyl groups is 1. The molecule has 3 rings (SSSR count). The number of nitrogens with zero attached hydrogens (tertiary/aromatic N) is 2. The average molecular weight is 268 g/mol. The zero-order chi connectivity index (χ0) is 14.3. The second kappa shape index (κ2) is 4.38. The molecule has 1 aromatic carbocycles. The van der Waals surface area contributed by atoms with Crippen molar-refractivity contribution < 1.29 is 15.0 Å². The fraction of sp³-hybridized carbons (Fsp3) is 0.0667. The Morgan fingerprint density at radius 1 is 1.20 bits per heavy atom. The van der Waals surface area contributed by atoms with Gasteiger partial charge in [-0.05, 0) is 30.3 Å². The standard InChI is InChI=1S/C15H12N2O3/c1-17-13-7-11(18)4-2-9(13)6-14(17)12-5-3-10(8-16-12)15(19)20/h2-8,18H,1H3,(H,19,20). The Bertz CT molecular complexity index is 804. The van der Waals surface area contributed by atoms with Gasteiger partial charge in [-0.2, -0.15) is 0 Å². The summed E-state index contributed by atoms with van der Waals surface area (Å²) >= 11 is 0. The van der Waals surface area contributed by atoms with E-state index in [4.69, 9.17) is 5.11 Å². The molecule has 0 amide bonds. The number of benzene rings is 1. The van der Waals surface area contributed by atoms with Gasteiger partial charge in [-0.15, -0.1) is 0 Å². The van der Waals surface area contributed by atoms with Crippen LogP contribution in [0.5, 0.6) is 5.75 Å². The predicted octanol–water partition coefficient (Wildman–Crippen LogP) is 2.64. The summed E-state index contributed by atoms with van der Waals surface area (Å²) in [6, 6.07) is 10.3. The van der Waals surface area contributed by atoms with Crippen molar-refractivity contribution in [2.24, 2.45) is 7.05 Å². The van der Waals surface area contributed by atoms with Crippen molar-refractivity contribution in [1.29, 1.82) is 0 Å². The Morgan fingerprint density at radius 2 is 2.00 bits per heavy atom. The monoisotopic (exact) mass is 268 g/mol. The maximum Gasteiger partial charge on any atom is 0.337 e. The third-order valence-electron chi connectivity index (χ3n) is 3.30. The molecular weight excluding hydrogens is 256 g/mol. The van der Waals surface area contributed by atoms with E-state index in [1.807, 2.05) is 23.7 Å². The van der Waals surface area contributed by atoms with E-state index < -0.39 is 5.97 Å². The normalized spacial score (nSPS) is 10.8. The Kier molecular flexibility index (Phi) is 2.68. The third-order valence-corrected chi connectivity index (χ3v) is 3.30. The van der Waals surface area contributed by atoms with Gasteiger partial charge < -0.3 is 14.8 Å². The SMILES string of the molecule is Cn1c(-c2ccc(C(=O)O)cn2)cc2ccc(O)cc21. The molecule has 0 saturated carbocycles. The number of carboxylic acids is 1. The summed E-state index contributed by atoms with van der Waals surface area (Å²) in [6.45, 7) is 0. The third kappa shape index (κ3) is 1.89. The van der Waals surface area contributed by atoms with Crippen LogP contribution in [-0.4, -0.2) is 25.7 Å².